The Balaban J connectivity index is 4.16. The quantitative estimate of drug-likeness (QED) is 0.0264. The molecule has 2 unspecified atom stereocenters. The first-order chi connectivity index (χ1) is 47.8. The molecule has 0 aliphatic carbocycles. The Kier molecular flexibility index (Phi) is 72.4. The van der Waals surface area contributed by atoms with Gasteiger partial charge in [0, 0.05) is 19.4 Å². The van der Waals surface area contributed by atoms with Gasteiger partial charge >= 0.3 is 19.8 Å². The van der Waals surface area contributed by atoms with Gasteiger partial charge in [0.05, 0.1) is 13.2 Å². The molecule has 534 valence electrons. The van der Waals surface area contributed by atoms with E-state index in [1.165, 1.54) is 0 Å². The van der Waals surface area contributed by atoms with Crippen LogP contribution in [0.2, 0.25) is 0 Å². The van der Waals surface area contributed by atoms with Crippen LogP contribution in [-0.4, -0.2) is 49.3 Å². The lowest BCUT2D eigenvalue weighted by molar-refractivity contribution is -0.161. The second-order valence-electron chi connectivity index (χ2n) is 22.6. The van der Waals surface area contributed by atoms with Crippen LogP contribution < -0.4 is 5.73 Å². The monoisotopic (exact) mass is 1350 g/mol. The van der Waals surface area contributed by atoms with Gasteiger partial charge in [0.2, 0.25) is 0 Å². The molecule has 0 saturated carbocycles. The van der Waals surface area contributed by atoms with Crippen molar-refractivity contribution in [2.75, 3.05) is 26.4 Å². The third kappa shape index (κ3) is 77.9. The Morgan fingerprint density at radius 1 is 0.309 bits per heavy atom. The van der Waals surface area contributed by atoms with Gasteiger partial charge in [-0.05, 0) is 186 Å². The number of esters is 2. The van der Waals surface area contributed by atoms with E-state index < -0.39 is 32.5 Å². The normalized spacial score (nSPS) is 14.6. The van der Waals surface area contributed by atoms with Gasteiger partial charge in [0.1, 0.15) is 6.61 Å². The summed E-state index contributed by atoms with van der Waals surface area (Å²) in [5.41, 5.74) is 5.39. The van der Waals surface area contributed by atoms with Crippen molar-refractivity contribution in [2.24, 2.45) is 5.73 Å². The SMILES string of the molecule is CC/C=C\C/C=C\C/C=C\C/C=C\C/C=C\C/C=C\C/C=C\C/C=C\C/C=C\C/C=C\C/C=C\C/C=C\CCCCC(=O)OC(COC(=O)CCCCC/C=C\C/C=C\C/C=C\C/C=C\C/C=C\C/C=C\C/C=C\C/C=C\C/C=C\C/C=C\C/C=C\CC)COP(=O)(O)OCCN. The number of carbonyl (C=O) groups excluding carboxylic acids is 2. The summed E-state index contributed by atoms with van der Waals surface area (Å²) in [6.07, 6.45) is 129. The summed E-state index contributed by atoms with van der Waals surface area (Å²) in [5, 5.41) is 0. The summed E-state index contributed by atoms with van der Waals surface area (Å²) in [6, 6.07) is 0. The zero-order chi connectivity index (χ0) is 70.0. The van der Waals surface area contributed by atoms with Crippen LogP contribution in [0.3, 0.4) is 0 Å². The highest BCUT2D eigenvalue weighted by molar-refractivity contribution is 7.47. The van der Waals surface area contributed by atoms with Crippen molar-refractivity contribution in [3.63, 3.8) is 0 Å². The molecule has 0 aromatic rings. The predicted molar refractivity (Wildman–Crippen MR) is 421 cm³/mol. The van der Waals surface area contributed by atoms with E-state index in [0.717, 1.165) is 180 Å². The molecule has 0 saturated heterocycles. The van der Waals surface area contributed by atoms with E-state index in [1.807, 2.05) is 0 Å². The van der Waals surface area contributed by atoms with Crippen molar-refractivity contribution < 1.29 is 37.6 Å². The van der Waals surface area contributed by atoms with E-state index in [9.17, 15) is 19.0 Å². The largest absolute Gasteiger partial charge is 0.472 e. The number of hydrogen-bond donors (Lipinski definition) is 2. The first-order valence-electron chi connectivity index (χ1n) is 36.5. The van der Waals surface area contributed by atoms with Crippen LogP contribution in [0.15, 0.2) is 279 Å². The zero-order valence-corrected chi connectivity index (χ0v) is 60.8. The van der Waals surface area contributed by atoms with Gasteiger partial charge in [-0.25, -0.2) is 4.57 Å². The second-order valence-corrected chi connectivity index (χ2v) is 24.1. The van der Waals surface area contributed by atoms with E-state index >= 15 is 0 Å². The van der Waals surface area contributed by atoms with E-state index in [-0.39, 0.29) is 32.6 Å². The van der Waals surface area contributed by atoms with E-state index in [4.69, 9.17) is 24.3 Å². The first kappa shape index (κ1) is 90.0. The Morgan fingerprint density at radius 2 is 0.536 bits per heavy atom. The molecule has 0 spiro atoms. The molecule has 0 rings (SSSR count). The third-order valence-electron chi connectivity index (χ3n) is 13.8. The summed E-state index contributed by atoms with van der Waals surface area (Å²) in [7, 11) is -4.44. The number of rotatable bonds is 64. The summed E-state index contributed by atoms with van der Waals surface area (Å²) >= 11 is 0. The standard InChI is InChI=1S/C87H128NO8P/c1-3-5-7-9-11-13-15-17-19-21-23-25-27-29-31-33-35-37-39-41-42-44-46-48-50-52-54-56-58-60-62-64-66-68-70-72-74-76-78-80-87(90)96-85(84-95-97(91,92)94-82-81-88)83-93-86(89)79-77-75-73-71-69-67-65-63-61-59-57-55-53-51-49-47-45-43-40-38-36-34-32-30-28-26-24-22-20-18-16-14-12-10-8-6-4-2/h5-8,11-14,17-20,23-26,29-32,35-38,41-43,45-46,48-49,51-52,54-55,57-58,60-61,63-64,66-67,69-70,72,85H,3-4,9-10,15-16,21-22,27-28,33-34,39-40,44,47,50,53,56,59,62,65,68,71,73-84,88H2,1-2H3,(H,91,92)/b7-5-,8-6-,13-11-,14-12-,19-17-,20-18-,25-23-,26-24-,31-29-,32-30-,37-35-,38-36-,42-41-,45-43-,48-46-,51-49-,54-52-,57-55-,60-58-,63-61-,66-64-,69-67-,72-70-. The predicted octanol–water partition coefficient (Wildman–Crippen LogP) is 24.8. The van der Waals surface area contributed by atoms with Gasteiger partial charge in [-0.3, -0.25) is 18.6 Å². The molecular formula is C87H128NO8P. The molecule has 10 heteroatoms. The van der Waals surface area contributed by atoms with Crippen molar-refractivity contribution in [1.82, 2.24) is 0 Å². The van der Waals surface area contributed by atoms with Crippen molar-refractivity contribution >= 4 is 19.8 Å². The minimum atomic E-state index is -4.44. The highest BCUT2D eigenvalue weighted by atomic mass is 31.2. The molecule has 0 aromatic carbocycles. The zero-order valence-electron chi connectivity index (χ0n) is 59.9. The number of nitrogens with two attached hydrogens (primary N) is 1. The Hall–Kier alpha value is -6.97. The van der Waals surface area contributed by atoms with E-state index in [0.29, 0.717) is 12.8 Å². The number of hydrogen-bond acceptors (Lipinski definition) is 8. The summed E-state index contributed by atoms with van der Waals surface area (Å²) in [4.78, 5) is 35.3. The van der Waals surface area contributed by atoms with Gasteiger partial charge in [-0.1, -0.05) is 300 Å². The van der Waals surface area contributed by atoms with Gasteiger partial charge in [0.15, 0.2) is 6.10 Å². The molecule has 3 N–H and O–H groups in total. The maximum atomic E-state index is 12.8. The molecule has 0 fully saturated rings. The molecule has 0 aromatic heterocycles. The lowest BCUT2D eigenvalue weighted by Crippen LogP contribution is -2.29. The Labute approximate surface area is 591 Å². The van der Waals surface area contributed by atoms with Crippen molar-refractivity contribution in [1.29, 1.82) is 0 Å². The van der Waals surface area contributed by atoms with Crippen molar-refractivity contribution in [3.8, 4) is 0 Å². The Morgan fingerprint density at radius 3 is 0.794 bits per heavy atom. The summed E-state index contributed by atoms with van der Waals surface area (Å²) in [5.74, 6) is -0.944. The molecule has 97 heavy (non-hydrogen) atoms. The molecule has 0 aliphatic rings. The van der Waals surface area contributed by atoms with E-state index in [2.05, 4.69) is 293 Å². The number of unbranched alkanes of at least 4 members (excludes halogenated alkanes) is 5. The summed E-state index contributed by atoms with van der Waals surface area (Å²) in [6.45, 7) is 3.38. The van der Waals surface area contributed by atoms with Gasteiger partial charge < -0.3 is 20.1 Å². The molecule has 2 atom stereocenters. The van der Waals surface area contributed by atoms with Crippen LogP contribution in [0.1, 0.15) is 219 Å². The number of allylic oxidation sites excluding steroid dienone is 46. The maximum Gasteiger partial charge on any atom is 0.472 e. The fourth-order valence-corrected chi connectivity index (χ4v) is 9.27. The fourth-order valence-electron chi connectivity index (χ4n) is 8.50. The van der Waals surface area contributed by atoms with Crippen LogP contribution in [0.5, 0.6) is 0 Å². The highest BCUT2D eigenvalue weighted by Crippen LogP contribution is 2.43. The average molecular weight is 1350 g/mol. The molecule has 9 nitrogen and oxygen atoms in total. The molecule has 0 aliphatic heterocycles. The number of phosphoric acid groups is 1. The fraction of sp³-hybridized carbons (Fsp3) is 0.448. The number of phosphoric ester groups is 1. The second kappa shape index (κ2) is 78.0. The maximum absolute atomic E-state index is 12.8. The topological polar surface area (TPSA) is 134 Å². The van der Waals surface area contributed by atoms with Crippen molar-refractivity contribution in [3.05, 3.63) is 279 Å². The molecule has 0 amide bonds. The van der Waals surface area contributed by atoms with Crippen LogP contribution in [-0.2, 0) is 32.7 Å². The molecule has 0 bridgehead atoms. The average Bonchev–Trinajstić information content (AvgIpc) is 2.88. The van der Waals surface area contributed by atoms with Gasteiger partial charge in [0.25, 0.3) is 0 Å². The smallest absolute Gasteiger partial charge is 0.462 e. The molecule has 0 heterocycles. The van der Waals surface area contributed by atoms with Crippen LogP contribution in [0, 0.1) is 0 Å². The van der Waals surface area contributed by atoms with Crippen molar-refractivity contribution in [2.45, 2.75) is 225 Å². The van der Waals surface area contributed by atoms with Gasteiger partial charge in [-0.2, -0.15) is 0 Å². The minimum Gasteiger partial charge on any atom is -0.462 e. The first-order valence-corrected chi connectivity index (χ1v) is 38.0. The molecule has 0 radical (unpaired) electrons. The molecular weight excluding hydrogens is 1220 g/mol. The lowest BCUT2D eigenvalue weighted by Gasteiger charge is -2.19. The van der Waals surface area contributed by atoms with Crippen LogP contribution in [0.4, 0.5) is 0 Å². The third-order valence-corrected chi connectivity index (χ3v) is 14.8. The van der Waals surface area contributed by atoms with E-state index in [1.54, 1.807) is 0 Å². The highest BCUT2D eigenvalue weighted by Gasteiger charge is 2.26. The summed E-state index contributed by atoms with van der Waals surface area (Å²) < 4.78 is 33.1. The van der Waals surface area contributed by atoms with Gasteiger partial charge in [-0.15, -0.1) is 0 Å². The minimum absolute atomic E-state index is 0.0251. The van der Waals surface area contributed by atoms with Crippen LogP contribution >= 0.6 is 7.82 Å². The lowest BCUT2D eigenvalue weighted by atomic mass is 10.1. The van der Waals surface area contributed by atoms with Crippen LogP contribution in [0.25, 0.3) is 0 Å². The Bertz CT molecular complexity index is 2650. The number of ether oxygens (including phenoxy) is 2. The number of carbonyl (C=O) groups is 2.